The summed E-state index contributed by atoms with van der Waals surface area (Å²) in [6.45, 7) is 2.07. The minimum absolute atomic E-state index is 0.0313. The van der Waals surface area contributed by atoms with Crippen LogP contribution in [0.3, 0.4) is 0 Å². The van der Waals surface area contributed by atoms with E-state index < -0.39 is 5.97 Å². The number of esters is 1. The van der Waals surface area contributed by atoms with E-state index in [0.29, 0.717) is 32.2 Å². The summed E-state index contributed by atoms with van der Waals surface area (Å²) >= 11 is 7.21. The highest BCUT2D eigenvalue weighted by molar-refractivity contribution is 8.18. The summed E-state index contributed by atoms with van der Waals surface area (Å²) in [4.78, 5) is 17.4. The Morgan fingerprint density at radius 1 is 1.28 bits per heavy atom. The van der Waals surface area contributed by atoms with E-state index in [1.54, 1.807) is 49.4 Å². The third-order valence-electron chi connectivity index (χ3n) is 4.10. The summed E-state index contributed by atoms with van der Waals surface area (Å²) in [6.07, 6.45) is 1.75. The Labute approximate surface area is 176 Å². The lowest BCUT2D eigenvalue weighted by molar-refractivity contribution is -0.138. The molecule has 0 radical (unpaired) electrons. The van der Waals surface area contributed by atoms with Gasteiger partial charge in [0.25, 0.3) is 0 Å². The number of halogens is 1. The van der Waals surface area contributed by atoms with Gasteiger partial charge in [0, 0.05) is 5.02 Å². The molecule has 0 atom stereocenters. The van der Waals surface area contributed by atoms with Crippen LogP contribution in [0.15, 0.2) is 63.7 Å². The first-order valence-electron chi connectivity index (χ1n) is 8.79. The number of nitrogens with zero attached hydrogens (tertiary/aromatic N) is 1. The van der Waals surface area contributed by atoms with Gasteiger partial charge < -0.3 is 19.3 Å². The fourth-order valence-electron chi connectivity index (χ4n) is 2.81. The summed E-state index contributed by atoms with van der Waals surface area (Å²) in [5, 5.41) is 11.6. The van der Waals surface area contributed by atoms with Crippen LogP contribution in [-0.4, -0.2) is 29.5 Å². The molecule has 0 fully saturated rings. The molecule has 6 nitrogen and oxygen atoms in total. The Hall–Kier alpha value is -2.90. The number of hydrogen-bond donors (Lipinski definition) is 1. The Kier molecular flexibility index (Phi) is 5.51. The van der Waals surface area contributed by atoms with Crippen molar-refractivity contribution in [3.63, 3.8) is 0 Å². The van der Waals surface area contributed by atoms with Crippen LogP contribution in [0.5, 0.6) is 11.5 Å². The summed E-state index contributed by atoms with van der Waals surface area (Å²) in [5.41, 5.74) is 1.39. The minimum Gasteiger partial charge on any atom is -0.506 e. The standard InChI is InChI=1S/C21H16ClNO5S/c1-2-26-21(25)18-19(24)17(9-12-6-7-15-16(8-12)28-11-27-15)29-20(18)23-14-5-3-4-13(22)10-14/h3-10,24H,2,11H2,1H3/b17-9-,23-20?. The fraction of sp³-hybridized carbons (Fsp3) is 0.143. The topological polar surface area (TPSA) is 77.4 Å². The summed E-state index contributed by atoms with van der Waals surface area (Å²) in [6, 6.07) is 12.4. The average molecular weight is 430 g/mol. The maximum Gasteiger partial charge on any atom is 0.344 e. The number of carbonyl (C=O) groups is 1. The summed E-state index contributed by atoms with van der Waals surface area (Å²) < 4.78 is 15.8. The second kappa shape index (κ2) is 8.23. The van der Waals surface area contributed by atoms with Crippen LogP contribution in [0, 0.1) is 0 Å². The van der Waals surface area contributed by atoms with E-state index in [-0.39, 0.29) is 24.7 Å². The first-order chi connectivity index (χ1) is 14.0. The second-order valence-corrected chi connectivity index (χ2v) is 7.53. The number of aliphatic hydroxyl groups excluding tert-OH is 1. The molecule has 0 unspecified atom stereocenters. The quantitative estimate of drug-likeness (QED) is 0.668. The van der Waals surface area contributed by atoms with Crippen molar-refractivity contribution >= 4 is 46.1 Å². The van der Waals surface area contributed by atoms with Crippen molar-refractivity contribution in [1.29, 1.82) is 0 Å². The molecule has 0 saturated carbocycles. The number of hydrogen-bond acceptors (Lipinski definition) is 7. The maximum absolute atomic E-state index is 12.5. The molecule has 0 saturated heterocycles. The lowest BCUT2D eigenvalue weighted by Crippen LogP contribution is -2.12. The Bertz CT molecular complexity index is 1080. The minimum atomic E-state index is -0.632. The Morgan fingerprint density at radius 2 is 2.10 bits per heavy atom. The zero-order valence-electron chi connectivity index (χ0n) is 15.3. The number of fused-ring (bicyclic) bond motifs is 1. The molecule has 2 heterocycles. The molecular formula is C21H16ClNO5S. The van der Waals surface area contributed by atoms with E-state index >= 15 is 0 Å². The molecule has 0 amide bonds. The van der Waals surface area contributed by atoms with Crippen molar-refractivity contribution in [3.05, 3.63) is 69.3 Å². The lowest BCUT2D eigenvalue weighted by Gasteiger charge is -2.04. The third-order valence-corrected chi connectivity index (χ3v) is 5.36. The molecule has 8 heteroatoms. The van der Waals surface area contributed by atoms with E-state index in [1.165, 1.54) is 11.8 Å². The molecule has 2 aromatic carbocycles. The molecule has 0 spiro atoms. The van der Waals surface area contributed by atoms with Crippen LogP contribution < -0.4 is 9.47 Å². The van der Waals surface area contributed by atoms with Crippen LogP contribution in [0.25, 0.3) is 6.08 Å². The third kappa shape index (κ3) is 4.11. The SMILES string of the molecule is CCOC(=O)C1=C(O)/C(=C/c2ccc3c(c2)OCO3)SC1=Nc1cccc(Cl)c1. The molecule has 148 valence electrons. The smallest absolute Gasteiger partial charge is 0.344 e. The van der Waals surface area contributed by atoms with Gasteiger partial charge in [0.15, 0.2) is 11.5 Å². The predicted molar refractivity (Wildman–Crippen MR) is 113 cm³/mol. The number of rotatable bonds is 4. The van der Waals surface area contributed by atoms with E-state index in [1.807, 2.05) is 6.07 Å². The highest BCUT2D eigenvalue weighted by atomic mass is 35.5. The van der Waals surface area contributed by atoms with Gasteiger partial charge in [-0.25, -0.2) is 9.79 Å². The molecule has 0 aliphatic carbocycles. The van der Waals surface area contributed by atoms with E-state index in [9.17, 15) is 9.90 Å². The van der Waals surface area contributed by atoms with Crippen LogP contribution >= 0.6 is 23.4 Å². The molecule has 29 heavy (non-hydrogen) atoms. The number of aliphatic hydroxyl groups is 1. The number of benzene rings is 2. The van der Waals surface area contributed by atoms with E-state index in [2.05, 4.69) is 4.99 Å². The van der Waals surface area contributed by atoms with Crippen LogP contribution in [0.2, 0.25) is 5.02 Å². The Morgan fingerprint density at radius 3 is 2.90 bits per heavy atom. The van der Waals surface area contributed by atoms with Crippen LogP contribution in [-0.2, 0) is 9.53 Å². The van der Waals surface area contributed by atoms with Gasteiger partial charge in [-0.1, -0.05) is 35.5 Å². The number of ether oxygens (including phenoxy) is 3. The first-order valence-corrected chi connectivity index (χ1v) is 9.99. The molecule has 2 aromatic rings. The van der Waals surface area contributed by atoms with Crippen LogP contribution in [0.1, 0.15) is 12.5 Å². The fourth-order valence-corrected chi connectivity index (χ4v) is 4.03. The van der Waals surface area contributed by atoms with Gasteiger partial charge in [-0.05, 0) is 48.9 Å². The Balaban J connectivity index is 1.73. The van der Waals surface area contributed by atoms with Crippen molar-refractivity contribution in [2.24, 2.45) is 4.99 Å². The van der Waals surface area contributed by atoms with Crippen molar-refractivity contribution in [3.8, 4) is 11.5 Å². The second-order valence-electron chi connectivity index (χ2n) is 6.06. The molecule has 2 aliphatic rings. The first kappa shape index (κ1) is 19.4. The zero-order chi connectivity index (χ0) is 20.4. The molecule has 2 aliphatic heterocycles. The zero-order valence-corrected chi connectivity index (χ0v) is 16.9. The summed E-state index contributed by atoms with van der Waals surface area (Å²) in [5.74, 6) is 0.491. The highest BCUT2D eigenvalue weighted by Crippen LogP contribution is 2.41. The van der Waals surface area contributed by atoms with Gasteiger partial charge in [0.2, 0.25) is 6.79 Å². The van der Waals surface area contributed by atoms with Gasteiger partial charge in [-0.15, -0.1) is 0 Å². The van der Waals surface area contributed by atoms with E-state index in [4.69, 9.17) is 25.8 Å². The number of aliphatic imine (C=N–C) groups is 1. The lowest BCUT2D eigenvalue weighted by atomic mass is 10.1. The number of thioether (sulfide) groups is 1. The average Bonchev–Trinajstić information content (AvgIpc) is 3.26. The highest BCUT2D eigenvalue weighted by Gasteiger charge is 2.33. The van der Waals surface area contributed by atoms with Crippen molar-refractivity contribution in [2.75, 3.05) is 13.4 Å². The van der Waals surface area contributed by atoms with Gasteiger partial charge in [0.05, 0.1) is 17.2 Å². The monoisotopic (exact) mass is 429 g/mol. The molecular weight excluding hydrogens is 414 g/mol. The van der Waals surface area contributed by atoms with E-state index in [0.717, 1.165) is 5.56 Å². The normalized spacial score (nSPS) is 18.0. The maximum atomic E-state index is 12.5. The predicted octanol–water partition coefficient (Wildman–Crippen LogP) is 5.26. The van der Waals surface area contributed by atoms with Gasteiger partial charge in [0.1, 0.15) is 16.4 Å². The summed E-state index contributed by atoms with van der Waals surface area (Å²) in [7, 11) is 0. The molecule has 1 N–H and O–H groups in total. The molecule has 0 aromatic heterocycles. The van der Waals surface area contributed by atoms with Crippen molar-refractivity contribution in [2.45, 2.75) is 6.92 Å². The largest absolute Gasteiger partial charge is 0.506 e. The number of carbonyl (C=O) groups excluding carboxylic acids is 1. The van der Waals surface area contributed by atoms with Gasteiger partial charge >= 0.3 is 5.97 Å². The van der Waals surface area contributed by atoms with Crippen molar-refractivity contribution in [1.82, 2.24) is 0 Å². The molecule has 4 rings (SSSR count). The molecule has 0 bridgehead atoms. The van der Waals surface area contributed by atoms with Gasteiger partial charge in [-0.3, -0.25) is 0 Å². The van der Waals surface area contributed by atoms with Crippen molar-refractivity contribution < 1.29 is 24.1 Å². The van der Waals surface area contributed by atoms with Gasteiger partial charge in [-0.2, -0.15) is 0 Å². The van der Waals surface area contributed by atoms with Crippen LogP contribution in [0.4, 0.5) is 5.69 Å².